The van der Waals surface area contributed by atoms with E-state index in [2.05, 4.69) is 11.4 Å². The molecular formula is C7H7FN. The zero-order valence-corrected chi connectivity index (χ0v) is 4.89. The van der Waals surface area contributed by atoms with E-state index in [0.717, 1.165) is 0 Å². The van der Waals surface area contributed by atoms with Gasteiger partial charge in [-0.1, -0.05) is 18.2 Å². The van der Waals surface area contributed by atoms with E-state index in [9.17, 15) is 4.39 Å². The number of nitrogens with one attached hydrogen (secondary N) is 1. The smallest absolute Gasteiger partial charge is 0.159 e. The molecule has 1 nitrogen and oxygen atoms in total. The van der Waals surface area contributed by atoms with Crippen molar-refractivity contribution < 1.29 is 4.39 Å². The molecule has 1 rings (SSSR count). The Hall–Kier alpha value is -1.05. The summed E-state index contributed by atoms with van der Waals surface area (Å²) < 4.78 is 11.5. The largest absolute Gasteiger partial charge is 0.358 e. The first-order valence-electron chi connectivity index (χ1n) is 2.70. The van der Waals surface area contributed by atoms with E-state index in [1.165, 1.54) is 0 Å². The Morgan fingerprint density at radius 2 is 2.44 bits per heavy atom. The lowest BCUT2D eigenvalue weighted by Crippen LogP contribution is -1.93. The van der Waals surface area contributed by atoms with Crippen LogP contribution >= 0.6 is 0 Å². The lowest BCUT2D eigenvalue weighted by atomic mass is 10.3. The van der Waals surface area contributed by atoms with Crippen molar-refractivity contribution in [3.63, 3.8) is 0 Å². The van der Waals surface area contributed by atoms with Crippen molar-refractivity contribution in [1.29, 1.82) is 0 Å². The van der Waals surface area contributed by atoms with Crippen LogP contribution in [0.4, 0.5) is 10.1 Å². The Morgan fingerprint density at radius 3 is 3.00 bits per heavy atom. The minimum Gasteiger partial charge on any atom is -0.358 e. The van der Waals surface area contributed by atoms with Gasteiger partial charge >= 0.3 is 0 Å². The van der Waals surface area contributed by atoms with Crippen molar-refractivity contribution in [1.82, 2.24) is 0 Å². The van der Waals surface area contributed by atoms with E-state index in [4.69, 9.17) is 0 Å². The van der Waals surface area contributed by atoms with Crippen LogP contribution < -0.4 is 5.32 Å². The van der Waals surface area contributed by atoms with Gasteiger partial charge in [-0.2, -0.15) is 0 Å². The van der Waals surface area contributed by atoms with Crippen molar-refractivity contribution in [2.75, 3.05) is 12.1 Å². The van der Waals surface area contributed by atoms with Crippen molar-refractivity contribution in [3.05, 3.63) is 30.3 Å². The number of alkyl halides is 1. The molecule has 0 aliphatic carbocycles. The predicted octanol–water partition coefficient (Wildman–Crippen LogP) is 1.83. The van der Waals surface area contributed by atoms with Crippen molar-refractivity contribution in [2.45, 2.75) is 0 Å². The SMILES string of the molecule is FCNc1[c]cccc1. The van der Waals surface area contributed by atoms with Gasteiger partial charge in [-0.3, -0.25) is 0 Å². The summed E-state index contributed by atoms with van der Waals surface area (Å²) in [6.07, 6.45) is 0. The van der Waals surface area contributed by atoms with Gasteiger partial charge in [0.1, 0.15) is 0 Å². The first-order valence-corrected chi connectivity index (χ1v) is 2.70. The lowest BCUT2D eigenvalue weighted by molar-refractivity contribution is 0.536. The molecule has 0 atom stereocenters. The summed E-state index contributed by atoms with van der Waals surface area (Å²) in [5.74, 6) is 0. The number of benzene rings is 1. The molecule has 0 amide bonds. The number of rotatable bonds is 2. The van der Waals surface area contributed by atoms with E-state index in [1.54, 1.807) is 12.1 Å². The average Bonchev–Trinajstić information content (AvgIpc) is 1.91. The van der Waals surface area contributed by atoms with Gasteiger partial charge < -0.3 is 5.32 Å². The first-order chi connectivity index (χ1) is 4.43. The molecular weight excluding hydrogens is 117 g/mol. The van der Waals surface area contributed by atoms with Crippen LogP contribution in [-0.4, -0.2) is 6.80 Å². The fraction of sp³-hybridized carbons (Fsp3) is 0.143. The quantitative estimate of drug-likeness (QED) is 0.593. The number of halogens is 1. The fourth-order valence-corrected chi connectivity index (χ4v) is 0.575. The second-order valence-corrected chi connectivity index (χ2v) is 1.59. The molecule has 2 heteroatoms. The molecule has 47 valence electrons. The molecule has 0 bridgehead atoms. The van der Waals surface area contributed by atoms with Gasteiger partial charge in [-0.15, -0.1) is 0 Å². The summed E-state index contributed by atoms with van der Waals surface area (Å²) >= 11 is 0. The van der Waals surface area contributed by atoms with Crippen LogP contribution in [0.5, 0.6) is 0 Å². The van der Waals surface area contributed by atoms with Crippen LogP contribution in [-0.2, 0) is 0 Å². The van der Waals surface area contributed by atoms with Gasteiger partial charge in [0.25, 0.3) is 0 Å². The maximum Gasteiger partial charge on any atom is 0.159 e. The summed E-state index contributed by atoms with van der Waals surface area (Å²) in [7, 11) is 0. The Labute approximate surface area is 53.5 Å². The van der Waals surface area contributed by atoms with E-state index >= 15 is 0 Å². The number of anilines is 1. The molecule has 1 N–H and O–H groups in total. The van der Waals surface area contributed by atoms with Gasteiger partial charge in [0.15, 0.2) is 6.80 Å². The summed E-state index contributed by atoms with van der Waals surface area (Å²) in [4.78, 5) is 0. The molecule has 1 aromatic carbocycles. The Balaban J connectivity index is 2.61. The molecule has 0 saturated carbocycles. The van der Waals surface area contributed by atoms with E-state index in [0.29, 0.717) is 5.69 Å². The fourth-order valence-electron chi connectivity index (χ4n) is 0.575. The van der Waals surface area contributed by atoms with E-state index < -0.39 is 6.80 Å². The number of hydrogen-bond donors (Lipinski definition) is 1. The van der Waals surface area contributed by atoms with Crippen LogP contribution in [0.3, 0.4) is 0 Å². The highest BCUT2D eigenvalue weighted by Crippen LogP contribution is 2.02. The van der Waals surface area contributed by atoms with Gasteiger partial charge in [0, 0.05) is 11.8 Å². The van der Waals surface area contributed by atoms with Crippen LogP contribution in [0.25, 0.3) is 0 Å². The summed E-state index contributed by atoms with van der Waals surface area (Å²) in [6, 6.07) is 9.98. The van der Waals surface area contributed by atoms with Gasteiger partial charge in [-0.25, -0.2) is 4.39 Å². The van der Waals surface area contributed by atoms with Crippen molar-refractivity contribution >= 4 is 5.69 Å². The normalized spacial score (nSPS) is 9.00. The monoisotopic (exact) mass is 124 g/mol. The third-order valence-electron chi connectivity index (χ3n) is 0.966. The zero-order valence-electron chi connectivity index (χ0n) is 4.89. The highest BCUT2D eigenvalue weighted by atomic mass is 19.1. The van der Waals surface area contributed by atoms with Gasteiger partial charge in [-0.05, 0) is 6.07 Å². The molecule has 1 radical (unpaired) electrons. The average molecular weight is 124 g/mol. The third-order valence-corrected chi connectivity index (χ3v) is 0.966. The highest BCUT2D eigenvalue weighted by Gasteiger charge is 1.83. The van der Waals surface area contributed by atoms with E-state index in [1.807, 2.05) is 12.1 Å². The standard InChI is InChI=1S/C7H7FN/c8-6-9-7-4-2-1-3-5-7/h1-4,9H,6H2. The summed E-state index contributed by atoms with van der Waals surface area (Å²) in [5.41, 5.74) is 0.694. The topological polar surface area (TPSA) is 12.0 Å². The zero-order chi connectivity index (χ0) is 6.53. The molecule has 0 saturated heterocycles. The highest BCUT2D eigenvalue weighted by molar-refractivity contribution is 5.40. The second-order valence-electron chi connectivity index (χ2n) is 1.59. The second kappa shape index (κ2) is 3.07. The van der Waals surface area contributed by atoms with E-state index in [-0.39, 0.29) is 0 Å². The minimum atomic E-state index is -0.541. The van der Waals surface area contributed by atoms with Crippen LogP contribution in [0, 0.1) is 6.07 Å². The molecule has 0 fully saturated rings. The van der Waals surface area contributed by atoms with Gasteiger partial charge in [0.2, 0.25) is 0 Å². The summed E-state index contributed by atoms with van der Waals surface area (Å²) in [5, 5.41) is 2.49. The van der Waals surface area contributed by atoms with Crippen LogP contribution in [0.1, 0.15) is 0 Å². The third kappa shape index (κ3) is 1.72. The number of para-hydroxylation sites is 1. The maximum absolute atomic E-state index is 11.5. The van der Waals surface area contributed by atoms with Crippen molar-refractivity contribution in [2.24, 2.45) is 0 Å². The van der Waals surface area contributed by atoms with Crippen LogP contribution in [0.2, 0.25) is 0 Å². The first kappa shape index (κ1) is 6.08. The Bertz CT molecular complexity index is 162. The summed E-state index contributed by atoms with van der Waals surface area (Å²) in [6.45, 7) is -0.541. The molecule has 0 aliphatic heterocycles. The minimum absolute atomic E-state index is 0.541. The van der Waals surface area contributed by atoms with Crippen molar-refractivity contribution in [3.8, 4) is 0 Å². The predicted molar refractivity (Wildman–Crippen MR) is 34.9 cm³/mol. The Morgan fingerprint density at radius 1 is 1.56 bits per heavy atom. The molecule has 0 aliphatic rings. The van der Waals surface area contributed by atoms with Crippen LogP contribution in [0.15, 0.2) is 24.3 Å². The molecule has 1 aromatic rings. The molecule has 0 unspecified atom stereocenters. The number of hydrogen-bond acceptors (Lipinski definition) is 1. The Kier molecular flexibility index (Phi) is 2.07. The molecule has 0 heterocycles. The lowest BCUT2D eigenvalue weighted by Gasteiger charge is -1.96. The molecule has 9 heavy (non-hydrogen) atoms. The molecule has 0 spiro atoms. The molecule has 0 aromatic heterocycles. The maximum atomic E-state index is 11.5. The van der Waals surface area contributed by atoms with Gasteiger partial charge in [0.05, 0.1) is 0 Å².